The predicted molar refractivity (Wildman–Crippen MR) is 109 cm³/mol. The van der Waals surface area contributed by atoms with Crippen molar-refractivity contribution in [3.63, 3.8) is 0 Å². The maximum absolute atomic E-state index is 13.5. The van der Waals surface area contributed by atoms with E-state index in [4.69, 9.17) is 4.74 Å². The lowest BCUT2D eigenvalue weighted by Gasteiger charge is -2.41. The van der Waals surface area contributed by atoms with E-state index in [-0.39, 0.29) is 36.6 Å². The van der Waals surface area contributed by atoms with Crippen LogP contribution < -0.4 is 4.72 Å². The topological polar surface area (TPSA) is 75.7 Å². The Kier molecular flexibility index (Phi) is 7.47. The number of sulfonamides is 1. The zero-order valence-corrected chi connectivity index (χ0v) is 18.3. The smallest absolute Gasteiger partial charge is 0.219 e. The van der Waals surface area contributed by atoms with Gasteiger partial charge in [-0.1, -0.05) is 0 Å². The summed E-state index contributed by atoms with van der Waals surface area (Å²) < 4.78 is 59.2. The molecule has 2 aliphatic rings. The lowest BCUT2D eigenvalue weighted by atomic mass is 9.82. The number of nitrogens with one attached hydrogen (secondary N) is 1. The Morgan fingerprint density at radius 2 is 1.77 bits per heavy atom. The molecule has 0 aromatic heterocycles. The van der Waals surface area contributed by atoms with Crippen LogP contribution in [0.2, 0.25) is 0 Å². The molecule has 1 aromatic rings. The van der Waals surface area contributed by atoms with Crippen LogP contribution in [0, 0.1) is 11.6 Å². The molecule has 1 saturated heterocycles. The minimum Gasteiger partial charge on any atom is -0.376 e. The van der Waals surface area contributed by atoms with E-state index in [1.165, 1.54) is 19.1 Å². The zero-order valence-electron chi connectivity index (χ0n) is 17.4. The van der Waals surface area contributed by atoms with Crippen molar-refractivity contribution >= 4 is 15.9 Å². The zero-order chi connectivity index (χ0) is 21.9. The van der Waals surface area contributed by atoms with Crippen molar-refractivity contribution in [2.24, 2.45) is 0 Å². The molecule has 2 atom stereocenters. The van der Waals surface area contributed by atoms with Gasteiger partial charge in [0, 0.05) is 25.6 Å². The number of likely N-dealkylation sites (tertiary alicyclic amines) is 1. The summed E-state index contributed by atoms with van der Waals surface area (Å²) in [5.41, 5.74) is 0.679. The highest BCUT2D eigenvalue weighted by molar-refractivity contribution is 7.88. The first kappa shape index (κ1) is 23.1. The van der Waals surface area contributed by atoms with Crippen molar-refractivity contribution in [2.75, 3.05) is 19.4 Å². The second kappa shape index (κ2) is 9.70. The molecule has 30 heavy (non-hydrogen) atoms. The minimum atomic E-state index is -3.40. The Balaban J connectivity index is 1.58. The summed E-state index contributed by atoms with van der Waals surface area (Å²) in [4.78, 5) is 13.7. The molecule has 1 amide bonds. The summed E-state index contributed by atoms with van der Waals surface area (Å²) in [6.45, 7) is 2.33. The third-order valence-corrected chi connectivity index (χ3v) is 6.81. The number of ether oxygens (including phenoxy) is 1. The van der Waals surface area contributed by atoms with Gasteiger partial charge < -0.3 is 9.64 Å². The standard InChI is InChI=1S/C21H30F2N2O4S/c1-14(26)25-9-3-4-20(24-30(2,27)28)21(25)13-29-19-7-5-15(6-8-19)16-10-17(22)12-18(23)11-16/h10-12,15,19-21,24H,3-9,13H2,1-2H3/t15?,19?,20-,21-/m0/s1. The molecule has 1 saturated carbocycles. The monoisotopic (exact) mass is 444 g/mol. The van der Waals surface area contributed by atoms with Gasteiger partial charge in [0.05, 0.1) is 25.0 Å². The van der Waals surface area contributed by atoms with Gasteiger partial charge in [0.25, 0.3) is 0 Å². The first-order valence-corrected chi connectivity index (χ1v) is 12.3. The second-order valence-corrected chi connectivity index (χ2v) is 10.2. The van der Waals surface area contributed by atoms with Crippen LogP contribution >= 0.6 is 0 Å². The Morgan fingerprint density at radius 3 is 2.33 bits per heavy atom. The van der Waals surface area contributed by atoms with Crippen LogP contribution in [0.5, 0.6) is 0 Å². The minimum absolute atomic E-state index is 0.0192. The number of amides is 1. The molecule has 0 radical (unpaired) electrons. The SMILES string of the molecule is CC(=O)N1CCC[C@H](NS(C)(=O)=O)[C@@H]1COC1CCC(c2cc(F)cc(F)c2)CC1. The summed E-state index contributed by atoms with van der Waals surface area (Å²) in [7, 11) is -3.40. The number of piperidine rings is 1. The van der Waals surface area contributed by atoms with Gasteiger partial charge in [0.1, 0.15) is 11.6 Å². The molecule has 1 aromatic carbocycles. The van der Waals surface area contributed by atoms with Gasteiger partial charge in [-0.25, -0.2) is 21.9 Å². The number of hydrogen-bond donors (Lipinski definition) is 1. The number of halogens is 2. The van der Waals surface area contributed by atoms with Crippen LogP contribution in [0.4, 0.5) is 8.78 Å². The van der Waals surface area contributed by atoms with Crippen LogP contribution in [0.15, 0.2) is 18.2 Å². The van der Waals surface area contributed by atoms with E-state index in [1.807, 2.05) is 0 Å². The van der Waals surface area contributed by atoms with E-state index in [0.29, 0.717) is 18.5 Å². The number of carbonyl (C=O) groups excluding carboxylic acids is 1. The third-order valence-electron chi connectivity index (χ3n) is 6.08. The summed E-state index contributed by atoms with van der Waals surface area (Å²) in [5, 5.41) is 0. The van der Waals surface area contributed by atoms with Crippen LogP contribution in [-0.4, -0.2) is 56.8 Å². The second-order valence-electron chi connectivity index (χ2n) is 8.43. The van der Waals surface area contributed by atoms with Gasteiger partial charge >= 0.3 is 0 Å². The Labute approximate surface area is 177 Å². The quantitative estimate of drug-likeness (QED) is 0.732. The molecule has 0 unspecified atom stereocenters. The highest BCUT2D eigenvalue weighted by Gasteiger charge is 2.35. The van der Waals surface area contributed by atoms with E-state index < -0.39 is 21.7 Å². The molecule has 1 aliphatic heterocycles. The molecule has 3 rings (SSSR count). The van der Waals surface area contributed by atoms with Crippen molar-refractivity contribution < 1.29 is 26.7 Å². The normalized spacial score (nSPS) is 27.8. The van der Waals surface area contributed by atoms with Gasteiger partial charge in [0.15, 0.2) is 0 Å². The molecular weight excluding hydrogens is 414 g/mol. The van der Waals surface area contributed by atoms with Crippen molar-refractivity contribution in [3.05, 3.63) is 35.4 Å². The third kappa shape index (κ3) is 6.21. The van der Waals surface area contributed by atoms with Crippen molar-refractivity contribution in [1.29, 1.82) is 0 Å². The highest BCUT2D eigenvalue weighted by Crippen LogP contribution is 2.35. The van der Waals surface area contributed by atoms with E-state index in [2.05, 4.69) is 4.72 Å². The molecule has 2 fully saturated rings. The molecule has 0 spiro atoms. The van der Waals surface area contributed by atoms with Crippen molar-refractivity contribution in [3.8, 4) is 0 Å². The number of nitrogens with zero attached hydrogens (tertiary/aromatic N) is 1. The molecule has 168 valence electrons. The Hall–Kier alpha value is -1.58. The van der Waals surface area contributed by atoms with Crippen LogP contribution in [0.1, 0.15) is 56.9 Å². The summed E-state index contributed by atoms with van der Waals surface area (Å²) >= 11 is 0. The van der Waals surface area contributed by atoms with E-state index in [1.54, 1.807) is 4.90 Å². The summed E-state index contributed by atoms with van der Waals surface area (Å²) in [6, 6.07) is 2.95. The predicted octanol–water partition coefficient (Wildman–Crippen LogP) is 2.94. The molecule has 6 nitrogen and oxygen atoms in total. The lowest BCUT2D eigenvalue weighted by Crippen LogP contribution is -2.58. The van der Waals surface area contributed by atoms with E-state index in [0.717, 1.165) is 44.4 Å². The Morgan fingerprint density at radius 1 is 1.13 bits per heavy atom. The molecule has 1 aliphatic carbocycles. The molecular formula is C21H30F2N2O4S. The highest BCUT2D eigenvalue weighted by atomic mass is 32.2. The number of hydrogen-bond acceptors (Lipinski definition) is 4. The van der Waals surface area contributed by atoms with Crippen LogP contribution in [0.25, 0.3) is 0 Å². The first-order valence-electron chi connectivity index (χ1n) is 10.4. The fourth-order valence-corrected chi connectivity index (χ4v) is 5.50. The number of rotatable bonds is 6. The average Bonchev–Trinajstić information content (AvgIpc) is 2.65. The first-order chi connectivity index (χ1) is 14.1. The summed E-state index contributed by atoms with van der Waals surface area (Å²) in [5.74, 6) is -1.12. The van der Waals surface area contributed by atoms with Crippen molar-refractivity contribution in [1.82, 2.24) is 9.62 Å². The van der Waals surface area contributed by atoms with Gasteiger partial charge in [-0.05, 0) is 62.1 Å². The molecule has 9 heteroatoms. The van der Waals surface area contributed by atoms with Crippen molar-refractivity contribution in [2.45, 2.75) is 69.6 Å². The average molecular weight is 445 g/mol. The molecule has 1 N–H and O–H groups in total. The number of carbonyl (C=O) groups is 1. The van der Waals surface area contributed by atoms with Gasteiger partial charge in [0.2, 0.25) is 15.9 Å². The van der Waals surface area contributed by atoms with E-state index in [9.17, 15) is 22.0 Å². The summed E-state index contributed by atoms with van der Waals surface area (Å²) in [6.07, 6.45) is 5.52. The Bertz CT molecular complexity index is 836. The van der Waals surface area contributed by atoms with E-state index >= 15 is 0 Å². The fourth-order valence-electron chi connectivity index (χ4n) is 4.67. The van der Waals surface area contributed by atoms with Gasteiger partial charge in [-0.3, -0.25) is 4.79 Å². The van der Waals surface area contributed by atoms with Gasteiger partial charge in [-0.2, -0.15) is 0 Å². The maximum atomic E-state index is 13.5. The maximum Gasteiger partial charge on any atom is 0.219 e. The van der Waals surface area contributed by atoms with Crippen LogP contribution in [0.3, 0.4) is 0 Å². The number of benzene rings is 1. The molecule has 0 bridgehead atoms. The lowest BCUT2D eigenvalue weighted by molar-refractivity contribution is -0.136. The fraction of sp³-hybridized carbons (Fsp3) is 0.667. The van der Waals surface area contributed by atoms with Crippen LogP contribution in [-0.2, 0) is 19.6 Å². The molecule has 1 heterocycles. The largest absolute Gasteiger partial charge is 0.376 e. The van der Waals surface area contributed by atoms with Gasteiger partial charge in [-0.15, -0.1) is 0 Å².